The summed E-state index contributed by atoms with van der Waals surface area (Å²) in [6, 6.07) is 6.47. The largest absolute Gasteiger partial charge is 0.237 e. The van der Waals surface area contributed by atoms with Crippen molar-refractivity contribution in [3.05, 3.63) is 78.6 Å². The van der Waals surface area contributed by atoms with E-state index in [0.717, 1.165) is 17.3 Å². The van der Waals surface area contributed by atoms with Crippen LogP contribution in [-0.2, 0) is 0 Å². The van der Waals surface area contributed by atoms with Gasteiger partial charge in [-0.2, -0.15) is 5.10 Å². The van der Waals surface area contributed by atoms with Crippen molar-refractivity contribution in [1.82, 2.24) is 9.78 Å². The Morgan fingerprint density at radius 2 is 1.89 bits per heavy atom. The van der Waals surface area contributed by atoms with Gasteiger partial charge in [-0.3, -0.25) is 0 Å². The molecule has 0 aliphatic heterocycles. The molecule has 1 fully saturated rings. The van der Waals surface area contributed by atoms with Crippen LogP contribution in [0.5, 0.6) is 0 Å². The summed E-state index contributed by atoms with van der Waals surface area (Å²) in [6.45, 7) is 0. The zero-order chi connectivity index (χ0) is 12.5. The lowest BCUT2D eigenvalue weighted by atomic mass is 10.0. The molecule has 89 valence electrons. The van der Waals surface area contributed by atoms with Crippen molar-refractivity contribution in [3.63, 3.8) is 0 Å². The van der Waals surface area contributed by atoms with Crippen LogP contribution in [0, 0.1) is 37.4 Å². The van der Waals surface area contributed by atoms with Crippen LogP contribution in [0.15, 0.2) is 30.5 Å². The van der Waals surface area contributed by atoms with Crippen LogP contribution in [0.1, 0.15) is 5.69 Å². The van der Waals surface area contributed by atoms with Gasteiger partial charge in [0, 0.05) is 12.1 Å². The van der Waals surface area contributed by atoms with Crippen molar-refractivity contribution in [1.29, 1.82) is 0 Å². The summed E-state index contributed by atoms with van der Waals surface area (Å²) in [4.78, 5) is 0. The highest BCUT2D eigenvalue weighted by Crippen LogP contribution is 2.31. The van der Waals surface area contributed by atoms with E-state index in [0.29, 0.717) is 0 Å². The van der Waals surface area contributed by atoms with Gasteiger partial charge in [0.1, 0.15) is 5.82 Å². The van der Waals surface area contributed by atoms with Gasteiger partial charge < -0.3 is 0 Å². The predicted molar refractivity (Wildman–Crippen MR) is 68.1 cm³/mol. The maximum Gasteiger partial charge on any atom is 0.141 e. The molecule has 1 aliphatic rings. The quantitative estimate of drug-likeness (QED) is 0.808. The number of aromatic nitrogens is 2. The molecule has 1 aliphatic carbocycles. The maximum atomic E-state index is 13.2. The molecule has 1 heterocycles. The van der Waals surface area contributed by atoms with Gasteiger partial charge in [-0.15, -0.1) is 0 Å². The minimum Gasteiger partial charge on any atom is -0.237 e. The van der Waals surface area contributed by atoms with E-state index in [1.165, 1.54) is 6.07 Å². The summed E-state index contributed by atoms with van der Waals surface area (Å²) >= 11 is 5.79. The first-order chi connectivity index (χ1) is 8.75. The second-order valence-corrected chi connectivity index (χ2v) is 4.31. The summed E-state index contributed by atoms with van der Waals surface area (Å²) in [7, 11) is 0. The third-order valence-electron chi connectivity index (χ3n) is 2.75. The Balaban J connectivity index is 2.00. The van der Waals surface area contributed by atoms with E-state index >= 15 is 0 Å². The fourth-order valence-electron chi connectivity index (χ4n) is 1.89. The summed E-state index contributed by atoms with van der Waals surface area (Å²) < 4.78 is 14.9. The molecule has 0 spiro atoms. The maximum absolute atomic E-state index is 13.2. The third kappa shape index (κ3) is 2.03. The second kappa shape index (κ2) is 4.73. The number of hydrogen-bond acceptors (Lipinski definition) is 1. The van der Waals surface area contributed by atoms with Crippen molar-refractivity contribution in [3.8, 4) is 5.69 Å². The normalized spacial score (nSPS) is 16.3. The molecular weight excluding hydrogens is 251 g/mol. The van der Waals surface area contributed by atoms with Gasteiger partial charge in [0.15, 0.2) is 0 Å². The molecule has 1 aromatic carbocycles. The molecular formula is C14H9ClFN2. The summed E-state index contributed by atoms with van der Waals surface area (Å²) in [5.74, 6) is 0.635. The van der Waals surface area contributed by atoms with Crippen LogP contribution in [-0.4, -0.2) is 9.78 Å². The van der Waals surface area contributed by atoms with Crippen molar-refractivity contribution in [2.75, 3.05) is 0 Å². The van der Waals surface area contributed by atoms with Crippen LogP contribution in [0.3, 0.4) is 0 Å². The van der Waals surface area contributed by atoms with Gasteiger partial charge in [0.25, 0.3) is 0 Å². The number of rotatable bonds is 2. The molecule has 0 atom stereocenters. The Kier molecular flexibility index (Phi) is 3.08. The van der Waals surface area contributed by atoms with Gasteiger partial charge in [-0.25, -0.2) is 9.07 Å². The third-order valence-corrected chi connectivity index (χ3v) is 3.04. The smallest absolute Gasteiger partial charge is 0.141 e. The van der Waals surface area contributed by atoms with E-state index in [1.807, 2.05) is 31.7 Å². The van der Waals surface area contributed by atoms with Gasteiger partial charge in [0.05, 0.1) is 16.4 Å². The van der Waals surface area contributed by atoms with Crippen molar-refractivity contribution in [2.24, 2.45) is 0 Å². The topological polar surface area (TPSA) is 17.8 Å². The minimum absolute atomic E-state index is 0.0939. The molecule has 4 heteroatoms. The Morgan fingerprint density at radius 1 is 1.11 bits per heavy atom. The Morgan fingerprint density at radius 3 is 2.61 bits per heavy atom. The highest BCUT2D eigenvalue weighted by molar-refractivity contribution is 6.30. The molecule has 0 N–H and O–H groups in total. The Hall–Kier alpha value is -1.35. The molecule has 3 rings (SSSR count). The van der Waals surface area contributed by atoms with Crippen LogP contribution in [0.4, 0.5) is 4.39 Å². The monoisotopic (exact) mass is 259 g/mol. The van der Waals surface area contributed by atoms with E-state index in [4.69, 9.17) is 11.6 Å². The number of nitrogens with zero attached hydrogens (tertiary/aromatic N) is 2. The van der Waals surface area contributed by atoms with Crippen LogP contribution >= 0.6 is 11.6 Å². The zero-order valence-corrected chi connectivity index (χ0v) is 10.1. The Labute approximate surface area is 110 Å². The standard InChI is InChI=1S/C14H9ClFN2/c15-12-9-11(5-6-13(12)16)18-14(7-8-17-18)10-3-1-2-4-10/h1-9H. The van der Waals surface area contributed by atoms with E-state index in [2.05, 4.69) is 5.10 Å². The molecule has 0 saturated heterocycles. The molecule has 0 unspecified atom stereocenters. The molecule has 1 aromatic heterocycles. The number of benzene rings is 1. The van der Waals surface area contributed by atoms with Gasteiger partial charge >= 0.3 is 0 Å². The first kappa shape index (κ1) is 11.7. The molecule has 1 saturated carbocycles. The van der Waals surface area contributed by atoms with Crippen LogP contribution in [0.25, 0.3) is 5.69 Å². The Bertz CT molecular complexity index is 559. The van der Waals surface area contributed by atoms with Crippen LogP contribution < -0.4 is 0 Å². The van der Waals surface area contributed by atoms with Gasteiger partial charge in [-0.1, -0.05) is 11.6 Å². The lowest BCUT2D eigenvalue weighted by Crippen LogP contribution is -2.06. The summed E-state index contributed by atoms with van der Waals surface area (Å²) in [5, 5.41) is 4.34. The van der Waals surface area contributed by atoms with E-state index in [9.17, 15) is 4.39 Å². The molecule has 0 amide bonds. The molecule has 2 aromatic rings. The molecule has 5 radical (unpaired) electrons. The predicted octanol–water partition coefficient (Wildman–Crippen LogP) is 3.42. The highest BCUT2D eigenvalue weighted by Gasteiger charge is 2.23. The summed E-state index contributed by atoms with van der Waals surface area (Å²) in [6.07, 6.45) is 9.63. The zero-order valence-electron chi connectivity index (χ0n) is 9.35. The lowest BCUT2D eigenvalue weighted by Gasteiger charge is -2.12. The number of hydrogen-bond donors (Lipinski definition) is 0. The average molecular weight is 260 g/mol. The number of halogens is 2. The van der Waals surface area contributed by atoms with Gasteiger partial charge in [0.2, 0.25) is 0 Å². The average Bonchev–Trinajstić information content (AvgIpc) is 3.00. The molecule has 2 nitrogen and oxygen atoms in total. The van der Waals surface area contributed by atoms with Crippen molar-refractivity contribution in [2.45, 2.75) is 0 Å². The molecule has 18 heavy (non-hydrogen) atoms. The first-order valence-corrected chi connectivity index (χ1v) is 5.85. The van der Waals surface area contributed by atoms with Crippen molar-refractivity contribution < 1.29 is 4.39 Å². The van der Waals surface area contributed by atoms with E-state index < -0.39 is 5.82 Å². The second-order valence-electron chi connectivity index (χ2n) is 3.90. The highest BCUT2D eigenvalue weighted by atomic mass is 35.5. The fraction of sp³-hybridized carbons (Fsp3) is 0. The van der Waals surface area contributed by atoms with E-state index in [1.54, 1.807) is 23.0 Å². The van der Waals surface area contributed by atoms with Crippen molar-refractivity contribution >= 4 is 11.6 Å². The fourth-order valence-corrected chi connectivity index (χ4v) is 2.06. The first-order valence-electron chi connectivity index (χ1n) is 5.47. The summed E-state index contributed by atoms with van der Waals surface area (Å²) in [5.41, 5.74) is 1.69. The lowest BCUT2D eigenvalue weighted by molar-refractivity contribution is 0.627. The molecule has 0 bridgehead atoms. The van der Waals surface area contributed by atoms with Gasteiger partial charge in [-0.05, 0) is 49.9 Å². The SMILES string of the molecule is Fc1ccc(-n2nccc2[C]2[CH][CH][CH][CH]2)cc1Cl. The van der Waals surface area contributed by atoms with E-state index in [-0.39, 0.29) is 5.02 Å². The van der Waals surface area contributed by atoms with Crippen LogP contribution in [0.2, 0.25) is 5.02 Å². The minimum atomic E-state index is -0.428.